The van der Waals surface area contributed by atoms with Gasteiger partial charge in [-0.05, 0) is 24.3 Å². The van der Waals surface area contributed by atoms with Gasteiger partial charge in [-0.1, -0.05) is 6.07 Å². The number of pyridine rings is 1. The van der Waals surface area contributed by atoms with Crippen LogP contribution >= 0.6 is 0 Å². The number of hydrogen-bond donors (Lipinski definition) is 3. The fourth-order valence-corrected chi connectivity index (χ4v) is 1.74. The number of aromatic carboxylic acids is 1. The summed E-state index contributed by atoms with van der Waals surface area (Å²) >= 11 is 0. The summed E-state index contributed by atoms with van der Waals surface area (Å²) in [4.78, 5) is 17.2. The van der Waals surface area contributed by atoms with Gasteiger partial charge in [0, 0.05) is 25.5 Å². The van der Waals surface area contributed by atoms with E-state index in [0.29, 0.717) is 5.69 Å². The zero-order valence-electron chi connectivity index (χ0n) is 11.3. The van der Waals surface area contributed by atoms with Gasteiger partial charge in [-0.2, -0.15) is 0 Å². The molecule has 0 aliphatic rings. The summed E-state index contributed by atoms with van der Waals surface area (Å²) in [5.74, 6) is -0.807. The van der Waals surface area contributed by atoms with Crippen LogP contribution in [0.5, 0.6) is 0 Å². The van der Waals surface area contributed by atoms with Gasteiger partial charge in [-0.3, -0.25) is 0 Å². The largest absolute Gasteiger partial charge is 0.478 e. The fraction of sp³-hybridized carbons (Fsp3) is 0.143. The van der Waals surface area contributed by atoms with Crippen molar-refractivity contribution in [2.24, 2.45) is 0 Å². The maximum absolute atomic E-state index is 11.2. The summed E-state index contributed by atoms with van der Waals surface area (Å²) in [7, 11) is 3.87. The number of carboxylic acid groups (broad SMARTS) is 1. The van der Waals surface area contributed by atoms with Crippen LogP contribution in [0.1, 0.15) is 10.4 Å². The summed E-state index contributed by atoms with van der Waals surface area (Å²) in [6.07, 6.45) is 1.42. The second-order valence-electron chi connectivity index (χ2n) is 4.54. The van der Waals surface area contributed by atoms with Crippen molar-refractivity contribution in [1.29, 1.82) is 0 Å². The second kappa shape index (κ2) is 5.48. The monoisotopic (exact) mass is 272 g/mol. The van der Waals surface area contributed by atoms with Crippen LogP contribution in [-0.2, 0) is 0 Å². The molecule has 0 spiro atoms. The van der Waals surface area contributed by atoms with Gasteiger partial charge >= 0.3 is 5.97 Å². The van der Waals surface area contributed by atoms with Crippen LogP contribution in [0.15, 0.2) is 36.5 Å². The van der Waals surface area contributed by atoms with Crippen molar-refractivity contribution in [3.8, 4) is 0 Å². The van der Waals surface area contributed by atoms with Gasteiger partial charge in [0.1, 0.15) is 11.4 Å². The fourth-order valence-electron chi connectivity index (χ4n) is 1.74. The van der Waals surface area contributed by atoms with E-state index in [-0.39, 0.29) is 11.4 Å². The first-order valence-electron chi connectivity index (χ1n) is 6.00. The highest BCUT2D eigenvalue weighted by molar-refractivity contribution is 5.95. The summed E-state index contributed by atoms with van der Waals surface area (Å²) < 4.78 is 0. The molecule has 6 nitrogen and oxygen atoms in total. The molecule has 0 amide bonds. The highest BCUT2D eigenvalue weighted by Gasteiger charge is 2.12. The molecule has 2 rings (SSSR count). The zero-order valence-corrected chi connectivity index (χ0v) is 11.3. The van der Waals surface area contributed by atoms with Crippen LogP contribution in [0.25, 0.3) is 0 Å². The van der Waals surface area contributed by atoms with Crippen molar-refractivity contribution in [1.82, 2.24) is 4.98 Å². The van der Waals surface area contributed by atoms with Crippen LogP contribution in [0.2, 0.25) is 0 Å². The highest BCUT2D eigenvalue weighted by Crippen LogP contribution is 2.23. The Morgan fingerprint density at radius 3 is 2.75 bits per heavy atom. The van der Waals surface area contributed by atoms with Crippen molar-refractivity contribution >= 4 is 28.8 Å². The molecule has 0 unspecified atom stereocenters. The molecule has 0 atom stereocenters. The van der Waals surface area contributed by atoms with Gasteiger partial charge in [0.2, 0.25) is 0 Å². The van der Waals surface area contributed by atoms with E-state index < -0.39 is 5.97 Å². The first-order chi connectivity index (χ1) is 9.47. The molecule has 0 radical (unpaired) electrons. The Bertz CT molecular complexity index is 641. The normalized spacial score (nSPS) is 10.1. The van der Waals surface area contributed by atoms with Gasteiger partial charge in [-0.25, -0.2) is 9.78 Å². The molecule has 1 heterocycles. The van der Waals surface area contributed by atoms with Crippen molar-refractivity contribution in [2.75, 3.05) is 30.0 Å². The molecule has 0 aliphatic carbocycles. The van der Waals surface area contributed by atoms with E-state index in [0.717, 1.165) is 11.4 Å². The maximum Gasteiger partial charge on any atom is 0.339 e. The number of carbonyl (C=O) groups is 1. The molecule has 0 aliphatic heterocycles. The van der Waals surface area contributed by atoms with Gasteiger partial charge in [0.05, 0.1) is 11.9 Å². The van der Waals surface area contributed by atoms with E-state index in [4.69, 9.17) is 10.8 Å². The maximum atomic E-state index is 11.2. The summed E-state index contributed by atoms with van der Waals surface area (Å²) in [5.41, 5.74) is 7.68. The molecule has 2 aromatic rings. The smallest absolute Gasteiger partial charge is 0.339 e. The SMILES string of the molecule is CN(C)c1cccc(Nc2ncc(N)cc2C(=O)O)c1. The lowest BCUT2D eigenvalue weighted by atomic mass is 10.2. The lowest BCUT2D eigenvalue weighted by Gasteiger charge is -2.15. The van der Waals surface area contributed by atoms with Crippen molar-refractivity contribution in [3.05, 3.63) is 42.1 Å². The average Bonchev–Trinajstić information content (AvgIpc) is 2.41. The van der Waals surface area contributed by atoms with Gasteiger partial charge in [0.25, 0.3) is 0 Å². The first-order valence-corrected chi connectivity index (χ1v) is 6.00. The molecule has 0 saturated carbocycles. The molecule has 0 saturated heterocycles. The first kappa shape index (κ1) is 13.7. The van der Waals surface area contributed by atoms with E-state index in [2.05, 4.69) is 10.3 Å². The third-order valence-corrected chi connectivity index (χ3v) is 2.76. The number of nitrogens with zero attached hydrogens (tertiary/aromatic N) is 2. The van der Waals surface area contributed by atoms with E-state index >= 15 is 0 Å². The zero-order chi connectivity index (χ0) is 14.7. The minimum atomic E-state index is -1.07. The molecule has 4 N–H and O–H groups in total. The van der Waals surface area contributed by atoms with Crippen LogP contribution in [0.3, 0.4) is 0 Å². The highest BCUT2D eigenvalue weighted by atomic mass is 16.4. The van der Waals surface area contributed by atoms with Crippen molar-refractivity contribution in [3.63, 3.8) is 0 Å². The van der Waals surface area contributed by atoms with Crippen molar-refractivity contribution in [2.45, 2.75) is 0 Å². The van der Waals surface area contributed by atoms with Crippen LogP contribution < -0.4 is 16.0 Å². The Morgan fingerprint density at radius 2 is 2.10 bits per heavy atom. The lowest BCUT2D eigenvalue weighted by Crippen LogP contribution is -2.09. The minimum Gasteiger partial charge on any atom is -0.478 e. The third-order valence-electron chi connectivity index (χ3n) is 2.76. The summed E-state index contributed by atoms with van der Waals surface area (Å²) in [6.45, 7) is 0. The Hall–Kier alpha value is -2.76. The summed E-state index contributed by atoms with van der Waals surface area (Å²) in [5, 5.41) is 12.2. The number of rotatable bonds is 4. The molecule has 0 bridgehead atoms. The van der Waals surface area contributed by atoms with E-state index in [1.165, 1.54) is 12.3 Å². The predicted molar refractivity (Wildman–Crippen MR) is 79.7 cm³/mol. The molecule has 104 valence electrons. The number of anilines is 4. The number of benzene rings is 1. The Balaban J connectivity index is 2.35. The van der Waals surface area contributed by atoms with E-state index in [1.54, 1.807) is 0 Å². The van der Waals surface area contributed by atoms with Crippen molar-refractivity contribution < 1.29 is 9.90 Å². The van der Waals surface area contributed by atoms with Crippen LogP contribution in [0, 0.1) is 0 Å². The second-order valence-corrected chi connectivity index (χ2v) is 4.54. The standard InChI is InChI=1S/C14H16N4O2/c1-18(2)11-5-3-4-10(7-11)17-13-12(14(19)20)6-9(15)8-16-13/h3-8H,15H2,1-2H3,(H,16,17)(H,19,20). The minimum absolute atomic E-state index is 0.0419. The lowest BCUT2D eigenvalue weighted by molar-refractivity contribution is 0.0697. The number of nitrogens with one attached hydrogen (secondary N) is 1. The number of aromatic nitrogens is 1. The summed E-state index contributed by atoms with van der Waals surface area (Å²) in [6, 6.07) is 8.98. The molecular formula is C14H16N4O2. The predicted octanol–water partition coefficient (Wildman–Crippen LogP) is 2.17. The number of carboxylic acids is 1. The quantitative estimate of drug-likeness (QED) is 0.790. The van der Waals surface area contributed by atoms with E-state index in [9.17, 15) is 4.79 Å². The van der Waals surface area contributed by atoms with E-state index in [1.807, 2.05) is 43.3 Å². The van der Waals surface area contributed by atoms with Crippen LogP contribution in [-0.4, -0.2) is 30.2 Å². The third kappa shape index (κ3) is 2.97. The molecule has 1 aromatic carbocycles. The molecular weight excluding hydrogens is 256 g/mol. The molecule has 6 heteroatoms. The number of nitrogen functional groups attached to an aromatic ring is 1. The molecule has 1 aromatic heterocycles. The number of nitrogens with two attached hydrogens (primary N) is 1. The molecule has 0 fully saturated rings. The average molecular weight is 272 g/mol. The Morgan fingerprint density at radius 1 is 1.35 bits per heavy atom. The van der Waals surface area contributed by atoms with Gasteiger partial charge < -0.3 is 21.1 Å². The van der Waals surface area contributed by atoms with Crippen LogP contribution in [0.4, 0.5) is 22.9 Å². The Kier molecular flexibility index (Phi) is 3.74. The topological polar surface area (TPSA) is 91.5 Å². The number of hydrogen-bond acceptors (Lipinski definition) is 5. The van der Waals surface area contributed by atoms with Gasteiger partial charge in [0.15, 0.2) is 0 Å². The molecule has 20 heavy (non-hydrogen) atoms. The van der Waals surface area contributed by atoms with Gasteiger partial charge in [-0.15, -0.1) is 0 Å². The Labute approximate surface area is 116 Å².